The molecule has 0 unspecified atom stereocenters. The number of hydrazone groups is 1. The molecule has 3 aromatic rings. The fourth-order valence-corrected chi connectivity index (χ4v) is 3.66. The lowest BCUT2D eigenvalue weighted by Crippen LogP contribution is -2.07. The number of nitrogens with one attached hydrogen (secondary N) is 1. The summed E-state index contributed by atoms with van der Waals surface area (Å²) in [5, 5.41) is 6.65. The first-order valence-corrected chi connectivity index (χ1v) is 11.5. The minimum absolute atomic E-state index is 0.151. The number of hydrogen-bond donors (Lipinski definition) is 1. The number of thiazole rings is 1. The highest BCUT2D eigenvalue weighted by Crippen LogP contribution is 2.22. The van der Waals surface area contributed by atoms with Crippen molar-refractivity contribution in [3.63, 3.8) is 0 Å². The molecule has 31 heavy (non-hydrogen) atoms. The van der Waals surface area contributed by atoms with E-state index in [0.29, 0.717) is 24.0 Å². The summed E-state index contributed by atoms with van der Waals surface area (Å²) in [5.41, 5.74) is 5.34. The van der Waals surface area contributed by atoms with Gasteiger partial charge in [0.05, 0.1) is 32.0 Å². The summed E-state index contributed by atoms with van der Waals surface area (Å²) in [5.74, 6) is 1.26. The Bertz CT molecular complexity index is 1040. The highest BCUT2D eigenvalue weighted by molar-refractivity contribution is 14.1. The Morgan fingerprint density at radius 3 is 2.81 bits per heavy atom. The minimum Gasteiger partial charge on any atom is -0.496 e. The zero-order valence-corrected chi connectivity index (χ0v) is 20.1. The van der Waals surface area contributed by atoms with Crippen molar-refractivity contribution in [1.29, 1.82) is 0 Å². The lowest BCUT2D eigenvalue weighted by molar-refractivity contribution is -0.142. The normalized spacial score (nSPS) is 10.8. The number of ether oxygens (including phenoxy) is 3. The van der Waals surface area contributed by atoms with E-state index in [1.54, 1.807) is 20.2 Å². The number of halogens is 1. The second kappa shape index (κ2) is 11.7. The van der Waals surface area contributed by atoms with Crippen LogP contribution >= 0.6 is 33.9 Å². The summed E-state index contributed by atoms with van der Waals surface area (Å²) in [4.78, 5) is 15.9. The van der Waals surface area contributed by atoms with Crippen LogP contribution in [-0.2, 0) is 22.6 Å². The number of aromatic nitrogens is 1. The topological polar surface area (TPSA) is 82.0 Å². The third-order valence-electron chi connectivity index (χ3n) is 4.07. The van der Waals surface area contributed by atoms with E-state index in [1.165, 1.54) is 11.3 Å². The highest BCUT2D eigenvalue weighted by atomic mass is 127. The number of carbonyl (C=O) groups is 1. The van der Waals surface area contributed by atoms with Crippen molar-refractivity contribution < 1.29 is 19.0 Å². The van der Waals surface area contributed by atoms with Crippen LogP contribution in [0.25, 0.3) is 0 Å². The third-order valence-corrected chi connectivity index (χ3v) is 5.58. The van der Waals surface area contributed by atoms with Gasteiger partial charge in [0, 0.05) is 14.5 Å². The van der Waals surface area contributed by atoms with Crippen LogP contribution in [0.2, 0.25) is 0 Å². The van der Waals surface area contributed by atoms with Crippen LogP contribution < -0.4 is 14.9 Å². The molecule has 0 bridgehead atoms. The van der Waals surface area contributed by atoms with E-state index in [2.05, 4.69) is 38.1 Å². The number of benzene rings is 2. The first-order chi connectivity index (χ1) is 15.1. The van der Waals surface area contributed by atoms with Gasteiger partial charge in [-0.25, -0.2) is 4.98 Å². The van der Waals surface area contributed by atoms with Gasteiger partial charge in [0.15, 0.2) is 0 Å². The van der Waals surface area contributed by atoms with E-state index >= 15 is 0 Å². The van der Waals surface area contributed by atoms with Gasteiger partial charge in [-0.1, -0.05) is 0 Å². The van der Waals surface area contributed by atoms with Crippen molar-refractivity contribution in [2.75, 3.05) is 19.1 Å². The molecule has 0 aliphatic carbocycles. The van der Waals surface area contributed by atoms with Gasteiger partial charge in [-0.05, 0) is 77.5 Å². The summed E-state index contributed by atoms with van der Waals surface area (Å²) < 4.78 is 17.4. The molecule has 1 heterocycles. The maximum Gasteiger partial charge on any atom is 0.311 e. The number of methoxy groups -OCH3 is 1. The van der Waals surface area contributed by atoms with Crippen LogP contribution in [0.15, 0.2) is 52.9 Å². The first-order valence-electron chi connectivity index (χ1n) is 9.51. The molecule has 162 valence electrons. The summed E-state index contributed by atoms with van der Waals surface area (Å²) in [7, 11) is 1.63. The van der Waals surface area contributed by atoms with Gasteiger partial charge in [0.1, 0.15) is 18.1 Å². The number of carbonyl (C=O) groups excluding carboxylic acids is 1. The van der Waals surface area contributed by atoms with Crippen LogP contribution in [0.5, 0.6) is 11.5 Å². The zero-order valence-electron chi connectivity index (χ0n) is 17.1. The van der Waals surface area contributed by atoms with Gasteiger partial charge in [0.2, 0.25) is 5.13 Å². The van der Waals surface area contributed by atoms with Crippen molar-refractivity contribution in [3.8, 4) is 11.5 Å². The predicted octanol–water partition coefficient (Wildman–Crippen LogP) is 4.89. The van der Waals surface area contributed by atoms with Gasteiger partial charge in [-0.2, -0.15) is 5.10 Å². The van der Waals surface area contributed by atoms with E-state index in [4.69, 9.17) is 14.2 Å². The number of anilines is 1. The number of nitrogens with zero attached hydrogens (tertiary/aromatic N) is 2. The van der Waals surface area contributed by atoms with Gasteiger partial charge in [-0.15, -0.1) is 11.3 Å². The molecule has 7 nitrogen and oxygen atoms in total. The van der Waals surface area contributed by atoms with E-state index in [9.17, 15) is 4.79 Å². The van der Waals surface area contributed by atoms with Gasteiger partial charge in [-0.3, -0.25) is 10.2 Å². The first kappa shape index (κ1) is 23.0. The largest absolute Gasteiger partial charge is 0.496 e. The van der Waals surface area contributed by atoms with Crippen molar-refractivity contribution in [2.24, 2.45) is 5.10 Å². The summed E-state index contributed by atoms with van der Waals surface area (Å²) in [6, 6.07) is 13.6. The molecule has 9 heteroatoms. The van der Waals surface area contributed by atoms with E-state index in [1.807, 2.05) is 47.8 Å². The third kappa shape index (κ3) is 7.21. The standard InChI is InChI=1S/C22H22IN3O4S/c1-3-29-21(27)11-18-14-31-22(25-18)26-24-12-15-4-9-20(28-2)16(10-15)13-30-19-7-5-17(23)6-8-19/h4-10,12,14H,3,11,13H2,1-2H3,(H,25,26). The maximum absolute atomic E-state index is 11.5. The van der Waals surface area contributed by atoms with Gasteiger partial charge < -0.3 is 14.2 Å². The van der Waals surface area contributed by atoms with Crippen LogP contribution in [0.4, 0.5) is 5.13 Å². The smallest absolute Gasteiger partial charge is 0.311 e. The van der Waals surface area contributed by atoms with E-state index < -0.39 is 0 Å². The molecule has 0 saturated carbocycles. The zero-order chi connectivity index (χ0) is 22.1. The summed E-state index contributed by atoms with van der Waals surface area (Å²) >= 11 is 3.63. The predicted molar refractivity (Wildman–Crippen MR) is 130 cm³/mol. The van der Waals surface area contributed by atoms with Crippen LogP contribution in [-0.4, -0.2) is 30.9 Å². The molecule has 1 aromatic heterocycles. The summed E-state index contributed by atoms with van der Waals surface area (Å²) in [6.45, 7) is 2.51. The maximum atomic E-state index is 11.5. The Kier molecular flexibility index (Phi) is 8.65. The lowest BCUT2D eigenvalue weighted by atomic mass is 10.1. The molecule has 1 N–H and O–H groups in total. The molecule has 0 radical (unpaired) electrons. The fourth-order valence-electron chi connectivity index (χ4n) is 2.64. The Morgan fingerprint density at radius 1 is 1.26 bits per heavy atom. The second-order valence-electron chi connectivity index (χ2n) is 6.31. The molecule has 0 spiro atoms. The lowest BCUT2D eigenvalue weighted by Gasteiger charge is -2.11. The SMILES string of the molecule is CCOC(=O)Cc1csc(NN=Cc2ccc(OC)c(COc3ccc(I)cc3)c2)n1. The Balaban J connectivity index is 1.60. The molecule has 0 amide bonds. The molecular weight excluding hydrogens is 529 g/mol. The molecule has 0 fully saturated rings. The van der Waals surface area contributed by atoms with Crippen molar-refractivity contribution >= 4 is 51.2 Å². The molecule has 0 aliphatic rings. The van der Waals surface area contributed by atoms with Crippen molar-refractivity contribution in [3.05, 3.63) is 68.2 Å². The average Bonchev–Trinajstić information content (AvgIpc) is 3.20. The fraction of sp³-hybridized carbons (Fsp3) is 0.227. The second-order valence-corrected chi connectivity index (χ2v) is 8.41. The van der Waals surface area contributed by atoms with E-state index in [0.717, 1.165) is 26.2 Å². The molecule has 0 aliphatic heterocycles. The Hall–Kier alpha value is -2.66. The monoisotopic (exact) mass is 551 g/mol. The van der Waals surface area contributed by atoms with Crippen LogP contribution in [0.3, 0.4) is 0 Å². The number of rotatable bonds is 10. The van der Waals surface area contributed by atoms with Crippen molar-refractivity contribution in [1.82, 2.24) is 4.98 Å². The highest BCUT2D eigenvalue weighted by Gasteiger charge is 2.08. The quantitative estimate of drug-likeness (QED) is 0.167. The van der Waals surface area contributed by atoms with Crippen LogP contribution in [0.1, 0.15) is 23.7 Å². The molecule has 3 rings (SSSR count). The Labute approximate surface area is 198 Å². The molecular formula is C22H22IN3O4S. The van der Waals surface area contributed by atoms with Crippen LogP contribution in [0, 0.1) is 3.57 Å². The minimum atomic E-state index is -0.291. The van der Waals surface area contributed by atoms with Crippen molar-refractivity contribution in [2.45, 2.75) is 20.0 Å². The van der Waals surface area contributed by atoms with E-state index in [-0.39, 0.29) is 12.4 Å². The summed E-state index contributed by atoms with van der Waals surface area (Å²) in [6.07, 6.45) is 1.85. The molecule has 0 saturated heterocycles. The average molecular weight is 551 g/mol. The van der Waals surface area contributed by atoms with Gasteiger partial charge >= 0.3 is 5.97 Å². The number of hydrogen-bond acceptors (Lipinski definition) is 8. The number of esters is 1. The van der Waals surface area contributed by atoms with Gasteiger partial charge in [0.25, 0.3) is 0 Å². The molecule has 2 aromatic carbocycles. The molecule has 0 atom stereocenters. The Morgan fingerprint density at radius 2 is 2.06 bits per heavy atom.